The number of hydrogen-bond acceptors (Lipinski definition) is 0. The average molecular weight is 454 g/mol. The van der Waals surface area contributed by atoms with Gasteiger partial charge in [-0.25, -0.2) is 13.2 Å². The van der Waals surface area contributed by atoms with Crippen molar-refractivity contribution in [1.29, 1.82) is 0 Å². The molecule has 0 saturated carbocycles. The molecule has 1 aliphatic carbocycles. The summed E-state index contributed by atoms with van der Waals surface area (Å²) >= 11 is 0. The summed E-state index contributed by atoms with van der Waals surface area (Å²) in [4.78, 5) is 0. The van der Waals surface area contributed by atoms with E-state index in [9.17, 15) is 8.78 Å². The van der Waals surface area contributed by atoms with E-state index in [2.05, 4.69) is 13.0 Å². The van der Waals surface area contributed by atoms with Crippen LogP contribution in [-0.2, 0) is 5.67 Å². The van der Waals surface area contributed by atoms with Gasteiger partial charge in [0.2, 0.25) is 0 Å². The number of alkyl halides is 1. The Bertz CT molecular complexity index is 988. The zero-order valence-electron chi connectivity index (χ0n) is 18.8. The Morgan fingerprint density at radius 2 is 1.72 bits per heavy atom. The molecule has 0 N–H and O–H groups in total. The summed E-state index contributed by atoms with van der Waals surface area (Å²) in [5.41, 5.74) is 0.294. The van der Waals surface area contributed by atoms with Crippen molar-refractivity contribution in [3.05, 3.63) is 83.5 Å². The molecule has 32 heavy (non-hydrogen) atoms. The fourth-order valence-electron chi connectivity index (χ4n) is 5.21. The van der Waals surface area contributed by atoms with E-state index in [1.807, 2.05) is 6.08 Å². The Morgan fingerprint density at radius 1 is 0.969 bits per heavy atom. The van der Waals surface area contributed by atoms with Gasteiger partial charge in [0, 0.05) is 26.3 Å². The predicted octanol–water partition coefficient (Wildman–Crippen LogP) is 8.78. The summed E-state index contributed by atoms with van der Waals surface area (Å²) in [6, 6.07) is 15.0. The van der Waals surface area contributed by atoms with Crippen LogP contribution in [0.2, 0.25) is 18.1 Å². The molecular formula is C28H32F3Si. The SMILES string of the molecule is CCCCC[Si]1CCC(C2=CC(F)(c3ccccc3-c3cccc(F)c3F)CC=C2)CC1. The van der Waals surface area contributed by atoms with Gasteiger partial charge in [-0.1, -0.05) is 92.9 Å². The largest absolute Gasteiger partial charge is 0.234 e. The summed E-state index contributed by atoms with van der Waals surface area (Å²) < 4.78 is 44.9. The fourth-order valence-corrected chi connectivity index (χ4v) is 8.22. The van der Waals surface area contributed by atoms with Gasteiger partial charge in [-0.3, -0.25) is 0 Å². The Morgan fingerprint density at radius 3 is 2.50 bits per heavy atom. The smallest absolute Gasteiger partial charge is 0.166 e. The molecule has 1 atom stereocenters. The quantitative estimate of drug-likeness (QED) is 0.290. The van der Waals surface area contributed by atoms with Gasteiger partial charge >= 0.3 is 0 Å². The van der Waals surface area contributed by atoms with Gasteiger partial charge in [-0.05, 0) is 42.0 Å². The molecule has 169 valence electrons. The third-order valence-corrected chi connectivity index (χ3v) is 10.1. The highest BCUT2D eigenvalue weighted by atomic mass is 28.3. The van der Waals surface area contributed by atoms with E-state index >= 15 is 4.39 Å². The third kappa shape index (κ3) is 4.95. The second-order valence-electron chi connectivity index (χ2n) is 9.24. The first-order valence-electron chi connectivity index (χ1n) is 12.0. The molecule has 2 aromatic rings. The van der Waals surface area contributed by atoms with Crippen molar-refractivity contribution in [1.82, 2.24) is 0 Å². The van der Waals surface area contributed by atoms with Crippen molar-refractivity contribution in [3.8, 4) is 11.1 Å². The van der Waals surface area contributed by atoms with E-state index < -0.39 is 17.3 Å². The van der Waals surface area contributed by atoms with Crippen LogP contribution < -0.4 is 0 Å². The lowest BCUT2D eigenvalue weighted by Crippen LogP contribution is -2.25. The van der Waals surface area contributed by atoms with E-state index in [1.54, 1.807) is 30.3 Å². The van der Waals surface area contributed by atoms with Crippen molar-refractivity contribution in [2.75, 3.05) is 0 Å². The van der Waals surface area contributed by atoms with Crippen molar-refractivity contribution in [2.24, 2.45) is 5.92 Å². The van der Waals surface area contributed by atoms with Gasteiger partial charge in [-0.2, -0.15) is 0 Å². The highest BCUT2D eigenvalue weighted by Gasteiger charge is 2.35. The van der Waals surface area contributed by atoms with Gasteiger partial charge in [-0.15, -0.1) is 0 Å². The summed E-state index contributed by atoms with van der Waals surface area (Å²) in [5.74, 6) is -1.44. The molecule has 0 spiro atoms. The van der Waals surface area contributed by atoms with E-state index in [1.165, 1.54) is 49.5 Å². The maximum atomic E-state index is 16.4. The summed E-state index contributed by atoms with van der Waals surface area (Å²) in [6.07, 6.45) is 12.2. The third-order valence-electron chi connectivity index (χ3n) is 7.04. The van der Waals surface area contributed by atoms with E-state index in [-0.39, 0.29) is 20.8 Å². The Kier molecular flexibility index (Phi) is 7.39. The van der Waals surface area contributed by atoms with E-state index in [0.717, 1.165) is 24.5 Å². The molecule has 1 heterocycles. The highest BCUT2D eigenvalue weighted by Crippen LogP contribution is 2.44. The van der Waals surface area contributed by atoms with Gasteiger partial charge < -0.3 is 0 Å². The van der Waals surface area contributed by atoms with Crippen LogP contribution in [0.25, 0.3) is 11.1 Å². The number of halogens is 3. The normalized spacial score (nSPS) is 22.2. The van der Waals surface area contributed by atoms with Crippen LogP contribution >= 0.6 is 0 Å². The Hall–Kier alpha value is -2.07. The van der Waals surface area contributed by atoms with Gasteiger partial charge in [0.25, 0.3) is 0 Å². The Balaban J connectivity index is 1.57. The monoisotopic (exact) mass is 453 g/mol. The molecule has 2 aliphatic rings. The first kappa shape index (κ1) is 23.1. The second-order valence-corrected chi connectivity index (χ2v) is 12.2. The zero-order valence-corrected chi connectivity index (χ0v) is 19.8. The maximum absolute atomic E-state index is 16.4. The molecule has 0 aromatic heterocycles. The lowest BCUT2D eigenvalue weighted by atomic mass is 9.79. The molecule has 1 radical (unpaired) electrons. The van der Waals surface area contributed by atoms with Gasteiger partial charge in [0.1, 0.15) is 0 Å². The number of rotatable bonds is 7. The van der Waals surface area contributed by atoms with Gasteiger partial charge in [0.15, 0.2) is 17.3 Å². The molecule has 4 heteroatoms. The molecule has 0 nitrogen and oxygen atoms in total. The van der Waals surface area contributed by atoms with E-state index in [0.29, 0.717) is 17.0 Å². The standard InChI is InChI=1S/C28H32F3Si/c1-2-3-6-17-32-18-14-21(15-19-32)22-9-8-16-28(31,20-22)25-12-5-4-10-23(25)24-11-7-13-26(29)27(24)30/h4-5,7-13,20-21H,2-3,6,14-19H2,1H3. The molecule has 0 bridgehead atoms. The summed E-state index contributed by atoms with van der Waals surface area (Å²) in [6.45, 7) is 2.25. The van der Waals surface area contributed by atoms with Gasteiger partial charge in [0.05, 0.1) is 0 Å². The minimum absolute atomic E-state index is 0.110. The van der Waals surface area contributed by atoms with Crippen molar-refractivity contribution in [2.45, 2.75) is 69.2 Å². The molecule has 0 amide bonds. The average Bonchev–Trinajstić information content (AvgIpc) is 2.82. The number of hydrogen-bond donors (Lipinski definition) is 0. The fraction of sp³-hybridized carbons (Fsp3) is 0.429. The molecule has 2 aromatic carbocycles. The lowest BCUT2D eigenvalue weighted by molar-refractivity contribution is 0.233. The first-order chi connectivity index (χ1) is 15.5. The number of unbranched alkanes of at least 4 members (excludes halogenated alkanes) is 2. The molecule has 1 saturated heterocycles. The summed E-state index contributed by atoms with van der Waals surface area (Å²) in [7, 11) is -0.244. The van der Waals surface area contributed by atoms with Crippen LogP contribution in [0.15, 0.2) is 66.3 Å². The first-order valence-corrected chi connectivity index (χ1v) is 14.1. The van der Waals surface area contributed by atoms with Crippen molar-refractivity contribution < 1.29 is 13.2 Å². The zero-order chi connectivity index (χ0) is 22.6. The Labute approximate surface area is 191 Å². The maximum Gasteiger partial charge on any atom is 0.166 e. The molecule has 1 fully saturated rings. The number of allylic oxidation sites excluding steroid dienone is 4. The second kappa shape index (κ2) is 10.2. The summed E-state index contributed by atoms with van der Waals surface area (Å²) in [5, 5.41) is 0. The minimum atomic E-state index is -1.72. The molecule has 1 aliphatic heterocycles. The van der Waals surface area contributed by atoms with E-state index in [4.69, 9.17) is 0 Å². The van der Waals surface area contributed by atoms with Crippen LogP contribution in [0.3, 0.4) is 0 Å². The van der Waals surface area contributed by atoms with Crippen LogP contribution in [0.1, 0.15) is 51.0 Å². The van der Waals surface area contributed by atoms with Crippen LogP contribution in [0.5, 0.6) is 0 Å². The minimum Gasteiger partial charge on any atom is -0.234 e. The highest BCUT2D eigenvalue weighted by molar-refractivity contribution is 6.59. The van der Waals surface area contributed by atoms with Crippen LogP contribution in [0, 0.1) is 17.6 Å². The molecule has 4 rings (SSSR count). The number of benzene rings is 2. The predicted molar refractivity (Wildman–Crippen MR) is 129 cm³/mol. The van der Waals surface area contributed by atoms with Crippen molar-refractivity contribution in [3.63, 3.8) is 0 Å². The topological polar surface area (TPSA) is 0 Å². The molecule has 1 unspecified atom stereocenters. The van der Waals surface area contributed by atoms with Crippen molar-refractivity contribution >= 4 is 8.80 Å². The van der Waals surface area contributed by atoms with Crippen LogP contribution in [-0.4, -0.2) is 8.80 Å². The van der Waals surface area contributed by atoms with Crippen LogP contribution in [0.4, 0.5) is 13.2 Å². The molecular weight excluding hydrogens is 421 g/mol. The lowest BCUT2D eigenvalue weighted by Gasteiger charge is -2.33.